The number of piperazine rings is 1. The number of anilines is 1. The lowest BCUT2D eigenvalue weighted by atomic mass is 9.95. The minimum atomic E-state index is -0.148. The lowest BCUT2D eigenvalue weighted by molar-refractivity contribution is 0.0746. The molecule has 0 spiro atoms. The number of carbonyl (C=O) groups is 2. The molecule has 2 amide bonds. The first-order valence-electron chi connectivity index (χ1n) is 10.3. The fraction of sp³-hybridized carbons (Fsp3) is 0.476. The van der Waals surface area contributed by atoms with Crippen molar-refractivity contribution < 1.29 is 9.59 Å². The van der Waals surface area contributed by atoms with Crippen molar-refractivity contribution in [3.8, 4) is 0 Å². The van der Waals surface area contributed by atoms with Gasteiger partial charge in [-0.15, -0.1) is 0 Å². The number of nitrogens with zero attached hydrogens (tertiary/aromatic N) is 5. The van der Waals surface area contributed by atoms with Gasteiger partial charge in [0.15, 0.2) is 0 Å². The lowest BCUT2D eigenvalue weighted by Gasteiger charge is -2.34. The van der Waals surface area contributed by atoms with Crippen molar-refractivity contribution in [1.82, 2.24) is 25.2 Å². The summed E-state index contributed by atoms with van der Waals surface area (Å²) in [5, 5.41) is 3.08. The Bertz CT molecular complexity index is 845. The fourth-order valence-corrected chi connectivity index (χ4v) is 3.94. The quantitative estimate of drug-likeness (QED) is 0.852. The molecule has 0 aromatic carbocycles. The Hall–Kier alpha value is -3.03. The van der Waals surface area contributed by atoms with E-state index in [2.05, 4.69) is 25.2 Å². The van der Waals surface area contributed by atoms with Gasteiger partial charge in [-0.2, -0.15) is 0 Å². The molecule has 1 aliphatic heterocycles. The number of aromatic nitrogens is 3. The number of hydrogen-bond donors (Lipinski definition) is 1. The van der Waals surface area contributed by atoms with Crippen molar-refractivity contribution in [1.29, 1.82) is 0 Å². The highest BCUT2D eigenvalue weighted by atomic mass is 16.2. The van der Waals surface area contributed by atoms with Crippen LogP contribution in [0.5, 0.6) is 0 Å². The third kappa shape index (κ3) is 4.70. The van der Waals surface area contributed by atoms with E-state index in [0.29, 0.717) is 43.3 Å². The van der Waals surface area contributed by atoms with E-state index in [9.17, 15) is 9.59 Å². The maximum absolute atomic E-state index is 12.9. The van der Waals surface area contributed by atoms with Crippen LogP contribution in [0.2, 0.25) is 0 Å². The summed E-state index contributed by atoms with van der Waals surface area (Å²) in [7, 11) is 0. The van der Waals surface area contributed by atoms with Crippen molar-refractivity contribution in [2.75, 3.05) is 31.1 Å². The summed E-state index contributed by atoms with van der Waals surface area (Å²) in [6, 6.07) is 3.66. The third-order valence-electron chi connectivity index (χ3n) is 5.59. The molecule has 1 saturated heterocycles. The van der Waals surface area contributed by atoms with E-state index in [4.69, 9.17) is 0 Å². The first-order valence-corrected chi connectivity index (χ1v) is 10.3. The molecular weight excluding hydrogens is 368 g/mol. The van der Waals surface area contributed by atoms with Crippen molar-refractivity contribution in [2.24, 2.45) is 0 Å². The molecular formula is C21H26N6O2. The molecule has 29 heavy (non-hydrogen) atoms. The van der Waals surface area contributed by atoms with Gasteiger partial charge in [0.05, 0.1) is 11.1 Å². The lowest BCUT2D eigenvalue weighted by Crippen LogP contribution is -2.49. The Morgan fingerprint density at radius 2 is 1.62 bits per heavy atom. The minimum Gasteiger partial charge on any atom is -0.349 e. The number of carbonyl (C=O) groups excluding carboxylic acids is 2. The second-order valence-corrected chi connectivity index (χ2v) is 7.60. The van der Waals surface area contributed by atoms with Gasteiger partial charge in [0.25, 0.3) is 11.8 Å². The maximum atomic E-state index is 12.9. The van der Waals surface area contributed by atoms with Gasteiger partial charge < -0.3 is 15.1 Å². The molecule has 8 heteroatoms. The molecule has 0 bridgehead atoms. The average molecular weight is 394 g/mol. The summed E-state index contributed by atoms with van der Waals surface area (Å²) in [6.07, 6.45) is 12.1. The smallest absolute Gasteiger partial charge is 0.255 e. The highest BCUT2D eigenvalue weighted by molar-refractivity contribution is 5.99. The molecule has 4 rings (SSSR count). The molecule has 0 radical (unpaired) electrons. The molecule has 1 aliphatic carbocycles. The Morgan fingerprint density at radius 1 is 0.931 bits per heavy atom. The molecule has 3 heterocycles. The summed E-state index contributed by atoms with van der Waals surface area (Å²) in [5.41, 5.74) is 0.892. The molecule has 2 aliphatic rings. The van der Waals surface area contributed by atoms with Crippen LogP contribution in [0, 0.1) is 0 Å². The molecule has 2 aromatic heterocycles. The Morgan fingerprint density at radius 3 is 2.34 bits per heavy atom. The topological polar surface area (TPSA) is 91.3 Å². The van der Waals surface area contributed by atoms with Crippen LogP contribution in [0.1, 0.15) is 52.8 Å². The average Bonchev–Trinajstić information content (AvgIpc) is 2.80. The van der Waals surface area contributed by atoms with Crippen LogP contribution in [0.15, 0.2) is 36.9 Å². The SMILES string of the molecule is O=C(NC1CCCCC1)c1cncc(C(=O)N2CCN(c3ncccn3)CC2)c1. The predicted molar refractivity (Wildman–Crippen MR) is 109 cm³/mol. The predicted octanol–water partition coefficient (Wildman–Crippen LogP) is 1.90. The van der Waals surface area contributed by atoms with Gasteiger partial charge in [0.1, 0.15) is 0 Å². The number of rotatable bonds is 4. The zero-order valence-corrected chi connectivity index (χ0v) is 16.5. The summed E-state index contributed by atoms with van der Waals surface area (Å²) >= 11 is 0. The number of pyridine rings is 1. The zero-order chi connectivity index (χ0) is 20.1. The highest BCUT2D eigenvalue weighted by Crippen LogP contribution is 2.18. The summed E-state index contributed by atoms with van der Waals surface area (Å²) in [6.45, 7) is 2.50. The van der Waals surface area contributed by atoms with E-state index in [-0.39, 0.29) is 17.9 Å². The monoisotopic (exact) mass is 394 g/mol. The van der Waals surface area contributed by atoms with Gasteiger partial charge >= 0.3 is 0 Å². The molecule has 0 unspecified atom stereocenters. The largest absolute Gasteiger partial charge is 0.349 e. The second-order valence-electron chi connectivity index (χ2n) is 7.60. The van der Waals surface area contributed by atoms with Crippen LogP contribution in [-0.4, -0.2) is 63.9 Å². The first kappa shape index (κ1) is 19.3. The number of nitrogens with one attached hydrogen (secondary N) is 1. The van der Waals surface area contributed by atoms with E-state index in [1.165, 1.54) is 18.8 Å². The number of hydrogen-bond acceptors (Lipinski definition) is 6. The van der Waals surface area contributed by atoms with E-state index in [1.54, 1.807) is 29.4 Å². The normalized spacial score (nSPS) is 17.8. The van der Waals surface area contributed by atoms with Crippen LogP contribution in [-0.2, 0) is 0 Å². The molecule has 152 valence electrons. The van der Waals surface area contributed by atoms with Crippen molar-refractivity contribution in [3.05, 3.63) is 48.0 Å². The minimum absolute atomic E-state index is 0.0987. The van der Waals surface area contributed by atoms with Gasteiger partial charge in [-0.25, -0.2) is 9.97 Å². The molecule has 2 fully saturated rings. The van der Waals surface area contributed by atoms with Crippen molar-refractivity contribution in [3.63, 3.8) is 0 Å². The Balaban J connectivity index is 1.36. The maximum Gasteiger partial charge on any atom is 0.255 e. The van der Waals surface area contributed by atoms with Gasteiger partial charge in [-0.05, 0) is 25.0 Å². The Labute approximate surface area is 170 Å². The number of amides is 2. The van der Waals surface area contributed by atoms with Crippen molar-refractivity contribution >= 4 is 17.8 Å². The van der Waals surface area contributed by atoms with Crippen LogP contribution in [0.4, 0.5) is 5.95 Å². The molecule has 2 aromatic rings. The standard InChI is InChI=1S/C21H26N6O2/c28-19(25-18-5-2-1-3-6-18)16-13-17(15-22-14-16)20(29)26-9-11-27(12-10-26)21-23-7-4-8-24-21/h4,7-8,13-15,18H,1-3,5-6,9-12H2,(H,25,28). The summed E-state index contributed by atoms with van der Waals surface area (Å²) < 4.78 is 0. The molecule has 8 nitrogen and oxygen atoms in total. The zero-order valence-electron chi connectivity index (χ0n) is 16.5. The first-order chi connectivity index (χ1) is 14.2. The van der Waals surface area contributed by atoms with E-state index in [0.717, 1.165) is 25.7 Å². The third-order valence-corrected chi connectivity index (χ3v) is 5.59. The van der Waals surface area contributed by atoms with E-state index < -0.39 is 0 Å². The van der Waals surface area contributed by atoms with Crippen LogP contribution in [0.3, 0.4) is 0 Å². The Kier molecular flexibility index (Phi) is 5.97. The highest BCUT2D eigenvalue weighted by Gasteiger charge is 2.24. The second kappa shape index (κ2) is 8.98. The van der Waals surface area contributed by atoms with Gasteiger partial charge in [-0.3, -0.25) is 14.6 Å². The summed E-state index contributed by atoms with van der Waals surface area (Å²) in [4.78, 5) is 42.0. The van der Waals surface area contributed by atoms with Crippen molar-refractivity contribution in [2.45, 2.75) is 38.1 Å². The molecule has 1 N–H and O–H groups in total. The van der Waals surface area contributed by atoms with E-state index in [1.807, 2.05) is 0 Å². The summed E-state index contributed by atoms with van der Waals surface area (Å²) in [5.74, 6) is 0.436. The fourth-order valence-electron chi connectivity index (χ4n) is 3.94. The van der Waals surface area contributed by atoms with E-state index >= 15 is 0 Å². The van der Waals surface area contributed by atoms with Crippen LogP contribution >= 0.6 is 0 Å². The molecule has 0 atom stereocenters. The molecule has 1 saturated carbocycles. The van der Waals surface area contributed by atoms with Crippen LogP contribution < -0.4 is 10.2 Å². The van der Waals surface area contributed by atoms with Gasteiger partial charge in [0, 0.05) is 57.0 Å². The van der Waals surface area contributed by atoms with Gasteiger partial charge in [-0.1, -0.05) is 19.3 Å². The van der Waals surface area contributed by atoms with Crippen LogP contribution in [0.25, 0.3) is 0 Å². The van der Waals surface area contributed by atoms with Gasteiger partial charge in [0.2, 0.25) is 5.95 Å².